The molecule has 0 aliphatic carbocycles. The van der Waals surface area contributed by atoms with Crippen molar-refractivity contribution in [3.8, 4) is 0 Å². The third-order valence-corrected chi connectivity index (χ3v) is 4.79. The van der Waals surface area contributed by atoms with Crippen molar-refractivity contribution >= 4 is 29.3 Å². The van der Waals surface area contributed by atoms with Crippen molar-refractivity contribution in [3.63, 3.8) is 0 Å². The fourth-order valence-electron chi connectivity index (χ4n) is 3.02. The number of hydrogen-bond donors (Lipinski definition) is 2. The number of Topliss-reactive ketones (excluding diaryl/α,β-unsaturated/α-hetero) is 1. The highest BCUT2D eigenvalue weighted by molar-refractivity contribution is 6.05. The first-order valence-electron chi connectivity index (χ1n) is 9.27. The summed E-state index contributed by atoms with van der Waals surface area (Å²) in [5, 5.41) is 5.30. The predicted octanol–water partition coefficient (Wildman–Crippen LogP) is 2.52. The van der Waals surface area contributed by atoms with E-state index in [0.717, 1.165) is 5.56 Å². The molecule has 0 spiro atoms. The normalized spacial score (nSPS) is 16.1. The van der Waals surface area contributed by atoms with Crippen molar-refractivity contribution in [2.45, 2.75) is 32.7 Å². The second kappa shape index (κ2) is 8.30. The van der Waals surface area contributed by atoms with Crippen LogP contribution in [0.2, 0.25) is 0 Å². The largest absolute Gasteiger partial charge is 0.459 e. The molecule has 2 N–H and O–H groups in total. The van der Waals surface area contributed by atoms with Crippen LogP contribution in [-0.2, 0) is 14.3 Å². The van der Waals surface area contributed by atoms with Crippen molar-refractivity contribution in [1.29, 1.82) is 0 Å². The molecule has 1 aliphatic rings. The summed E-state index contributed by atoms with van der Waals surface area (Å²) >= 11 is 0. The van der Waals surface area contributed by atoms with E-state index in [-0.39, 0.29) is 23.5 Å². The maximum absolute atomic E-state index is 12.5. The number of carbonyl (C=O) groups excluding carboxylic acids is 4. The van der Waals surface area contributed by atoms with Gasteiger partial charge in [-0.05, 0) is 48.7 Å². The van der Waals surface area contributed by atoms with E-state index in [1.54, 1.807) is 45.0 Å². The molecule has 8 nitrogen and oxygen atoms in total. The van der Waals surface area contributed by atoms with Gasteiger partial charge in [-0.15, -0.1) is 0 Å². The molecular weight excluding hydrogens is 376 g/mol. The van der Waals surface area contributed by atoms with E-state index in [0.29, 0.717) is 11.3 Å². The van der Waals surface area contributed by atoms with Crippen molar-refractivity contribution in [2.75, 3.05) is 11.9 Å². The average Bonchev–Trinajstić information content (AvgIpc) is 3.32. The van der Waals surface area contributed by atoms with Crippen molar-refractivity contribution in [1.82, 2.24) is 5.32 Å². The maximum atomic E-state index is 12.5. The van der Waals surface area contributed by atoms with Gasteiger partial charge in [-0.2, -0.15) is 0 Å². The number of ketones is 1. The number of furan rings is 1. The summed E-state index contributed by atoms with van der Waals surface area (Å²) in [5.74, 6) is -2.29. The van der Waals surface area contributed by atoms with Crippen LogP contribution in [0.5, 0.6) is 0 Å². The Morgan fingerprint density at radius 1 is 1.24 bits per heavy atom. The van der Waals surface area contributed by atoms with E-state index in [1.807, 2.05) is 0 Å². The van der Waals surface area contributed by atoms with Gasteiger partial charge in [0, 0.05) is 11.3 Å². The fourth-order valence-corrected chi connectivity index (χ4v) is 3.02. The Hall–Kier alpha value is -3.42. The lowest BCUT2D eigenvalue weighted by Crippen LogP contribution is -2.45. The van der Waals surface area contributed by atoms with Crippen molar-refractivity contribution in [2.24, 2.45) is 5.92 Å². The lowest BCUT2D eigenvalue weighted by atomic mass is 9.99. The molecule has 2 heterocycles. The highest BCUT2D eigenvalue weighted by Gasteiger charge is 2.29. The first kappa shape index (κ1) is 20.3. The highest BCUT2D eigenvalue weighted by atomic mass is 16.5. The number of rotatable bonds is 7. The Bertz CT molecular complexity index is 948. The first-order chi connectivity index (χ1) is 13.8. The minimum Gasteiger partial charge on any atom is -0.459 e. The van der Waals surface area contributed by atoms with E-state index in [1.165, 1.54) is 12.3 Å². The first-order valence-corrected chi connectivity index (χ1v) is 9.27. The summed E-state index contributed by atoms with van der Waals surface area (Å²) < 4.78 is 10.2. The van der Waals surface area contributed by atoms with Crippen LogP contribution in [0.4, 0.5) is 5.69 Å². The minimum absolute atomic E-state index is 0.0787. The maximum Gasteiger partial charge on any atom is 0.329 e. The van der Waals surface area contributed by atoms with Gasteiger partial charge in [0.1, 0.15) is 6.04 Å². The van der Waals surface area contributed by atoms with E-state index in [2.05, 4.69) is 10.6 Å². The highest BCUT2D eigenvalue weighted by Crippen LogP contribution is 2.32. The van der Waals surface area contributed by atoms with Gasteiger partial charge in [0.15, 0.2) is 18.2 Å². The van der Waals surface area contributed by atoms with Gasteiger partial charge in [-0.1, -0.05) is 13.8 Å². The summed E-state index contributed by atoms with van der Waals surface area (Å²) in [6, 6.07) is 6.99. The number of anilines is 1. The molecule has 0 bridgehead atoms. The molecule has 0 fully saturated rings. The van der Waals surface area contributed by atoms with Crippen LogP contribution in [0.15, 0.2) is 41.0 Å². The zero-order chi connectivity index (χ0) is 21.1. The summed E-state index contributed by atoms with van der Waals surface area (Å²) in [7, 11) is 0. The zero-order valence-electron chi connectivity index (χ0n) is 16.4. The van der Waals surface area contributed by atoms with Gasteiger partial charge in [0.2, 0.25) is 5.91 Å². The third kappa shape index (κ3) is 4.37. The third-order valence-electron chi connectivity index (χ3n) is 4.79. The molecule has 152 valence electrons. The van der Waals surface area contributed by atoms with Gasteiger partial charge in [-0.25, -0.2) is 4.79 Å². The van der Waals surface area contributed by atoms with E-state index >= 15 is 0 Å². The number of benzene rings is 1. The number of esters is 1. The Kier molecular flexibility index (Phi) is 5.81. The summed E-state index contributed by atoms with van der Waals surface area (Å²) in [5.41, 5.74) is 1.76. The van der Waals surface area contributed by atoms with E-state index in [4.69, 9.17) is 9.15 Å². The topological polar surface area (TPSA) is 115 Å². The molecule has 2 amide bonds. The van der Waals surface area contributed by atoms with Gasteiger partial charge in [0.25, 0.3) is 5.91 Å². The minimum atomic E-state index is -0.928. The molecule has 0 saturated carbocycles. The average molecular weight is 398 g/mol. The van der Waals surface area contributed by atoms with Crippen LogP contribution in [0.1, 0.15) is 53.2 Å². The Morgan fingerprint density at radius 2 is 2.00 bits per heavy atom. The zero-order valence-corrected chi connectivity index (χ0v) is 16.4. The van der Waals surface area contributed by atoms with Crippen molar-refractivity contribution < 1.29 is 28.3 Å². The van der Waals surface area contributed by atoms with Gasteiger partial charge >= 0.3 is 5.97 Å². The lowest BCUT2D eigenvalue weighted by Gasteiger charge is -2.20. The Balaban J connectivity index is 1.62. The Labute approximate surface area is 167 Å². The van der Waals surface area contributed by atoms with Crippen LogP contribution in [0.3, 0.4) is 0 Å². The molecule has 0 radical (unpaired) electrons. The molecule has 8 heteroatoms. The number of amides is 2. The number of fused-ring (bicyclic) bond motifs is 1. The summed E-state index contributed by atoms with van der Waals surface area (Å²) in [6.45, 7) is 4.79. The van der Waals surface area contributed by atoms with Crippen molar-refractivity contribution in [3.05, 3.63) is 53.5 Å². The standard InChI is InChI=1S/C21H22N2O6/c1-11(2)18(23-20(26)17-5-4-8-28-17)21(27)29-10-16(24)13-6-7-15-14(9-13)12(3)19(25)22-15/h4-9,11-12,18H,10H2,1-3H3,(H,22,25)(H,23,26)/t12-,18+/m1/s1. The molecule has 0 unspecified atom stereocenters. The SMILES string of the molecule is CC(C)[C@H](NC(=O)c1ccco1)C(=O)OCC(=O)c1ccc2c(c1)[C@@H](C)C(=O)N2. The molecule has 1 aliphatic heterocycles. The van der Waals surface area contributed by atoms with Crippen LogP contribution in [-0.4, -0.2) is 36.2 Å². The molecule has 0 saturated heterocycles. The second-order valence-corrected chi connectivity index (χ2v) is 7.22. The van der Waals surface area contributed by atoms with Crippen LogP contribution in [0, 0.1) is 5.92 Å². The molecule has 2 aromatic rings. The number of carbonyl (C=O) groups is 4. The summed E-state index contributed by atoms with van der Waals surface area (Å²) in [4.78, 5) is 48.8. The molecule has 1 aromatic heterocycles. The predicted molar refractivity (Wildman–Crippen MR) is 104 cm³/mol. The molecule has 2 atom stereocenters. The monoisotopic (exact) mass is 398 g/mol. The van der Waals surface area contributed by atoms with Gasteiger partial charge in [0.05, 0.1) is 12.2 Å². The van der Waals surface area contributed by atoms with Crippen LogP contribution >= 0.6 is 0 Å². The lowest BCUT2D eigenvalue weighted by molar-refractivity contribution is -0.146. The number of hydrogen-bond acceptors (Lipinski definition) is 6. The number of ether oxygens (including phenoxy) is 1. The second-order valence-electron chi connectivity index (χ2n) is 7.22. The number of nitrogens with one attached hydrogen (secondary N) is 2. The van der Waals surface area contributed by atoms with Gasteiger partial charge in [-0.3, -0.25) is 14.4 Å². The molecule has 1 aromatic carbocycles. The van der Waals surface area contributed by atoms with E-state index in [9.17, 15) is 19.2 Å². The van der Waals surface area contributed by atoms with E-state index < -0.39 is 30.3 Å². The Morgan fingerprint density at radius 3 is 2.66 bits per heavy atom. The smallest absolute Gasteiger partial charge is 0.329 e. The van der Waals surface area contributed by atoms with Gasteiger partial charge < -0.3 is 19.8 Å². The van der Waals surface area contributed by atoms with Crippen LogP contribution in [0.25, 0.3) is 0 Å². The van der Waals surface area contributed by atoms with Crippen LogP contribution < -0.4 is 10.6 Å². The fraction of sp³-hybridized carbons (Fsp3) is 0.333. The summed E-state index contributed by atoms with van der Waals surface area (Å²) in [6.07, 6.45) is 1.36. The molecule has 3 rings (SSSR count). The molecule has 29 heavy (non-hydrogen) atoms. The quantitative estimate of drug-likeness (QED) is 0.547. The molecular formula is C21H22N2O6.